The first-order chi connectivity index (χ1) is 17.4. The Morgan fingerprint density at radius 3 is 2.39 bits per heavy atom. The van der Waals surface area contributed by atoms with Gasteiger partial charge < -0.3 is 10.1 Å². The molecule has 0 atom stereocenters. The zero-order valence-electron chi connectivity index (χ0n) is 19.3. The average molecular weight is 520 g/mol. The number of carbonyl (C=O) groups excluding carboxylic acids is 3. The van der Waals surface area contributed by atoms with Crippen LogP contribution in [0.15, 0.2) is 94.8 Å². The lowest BCUT2D eigenvalue weighted by Gasteiger charge is -2.15. The van der Waals surface area contributed by atoms with E-state index in [4.69, 9.17) is 16.3 Å². The summed E-state index contributed by atoms with van der Waals surface area (Å²) in [5.41, 5.74) is 2.44. The molecule has 1 aliphatic rings. The largest absolute Gasteiger partial charge is 0.462 e. The van der Waals surface area contributed by atoms with Crippen molar-refractivity contribution in [3.05, 3.63) is 106 Å². The molecular formula is C27H22ClN3O4S. The molecule has 0 saturated carbocycles. The minimum Gasteiger partial charge on any atom is -0.462 e. The third-order valence-corrected chi connectivity index (χ3v) is 6.31. The van der Waals surface area contributed by atoms with Gasteiger partial charge in [0.1, 0.15) is 0 Å². The Kier molecular flexibility index (Phi) is 8.20. The van der Waals surface area contributed by atoms with Gasteiger partial charge in [0.2, 0.25) is 5.91 Å². The number of nitrogens with zero attached hydrogens (tertiary/aromatic N) is 2. The van der Waals surface area contributed by atoms with E-state index < -0.39 is 11.9 Å². The number of ether oxygens (including phenoxy) is 1. The van der Waals surface area contributed by atoms with Crippen molar-refractivity contribution in [3.8, 4) is 0 Å². The van der Waals surface area contributed by atoms with Gasteiger partial charge in [0.25, 0.3) is 5.91 Å². The lowest BCUT2D eigenvalue weighted by atomic mass is 10.2. The van der Waals surface area contributed by atoms with E-state index in [1.54, 1.807) is 60.4 Å². The summed E-state index contributed by atoms with van der Waals surface area (Å²) in [4.78, 5) is 44.1. The molecule has 2 amide bonds. The fourth-order valence-electron chi connectivity index (χ4n) is 3.32. The van der Waals surface area contributed by atoms with E-state index in [0.717, 1.165) is 17.3 Å². The van der Waals surface area contributed by atoms with Crippen molar-refractivity contribution in [2.45, 2.75) is 13.5 Å². The smallest absolute Gasteiger partial charge is 0.338 e. The number of hydrogen-bond donors (Lipinski definition) is 1. The number of amidine groups is 1. The number of aliphatic imine (C=N–C) groups is 1. The first kappa shape index (κ1) is 25.2. The van der Waals surface area contributed by atoms with Crippen LogP contribution >= 0.6 is 23.4 Å². The van der Waals surface area contributed by atoms with E-state index in [2.05, 4.69) is 10.3 Å². The van der Waals surface area contributed by atoms with E-state index in [1.165, 1.54) is 6.08 Å². The van der Waals surface area contributed by atoms with Gasteiger partial charge in [-0.05, 0) is 72.8 Å². The lowest BCUT2D eigenvalue weighted by Crippen LogP contribution is -2.28. The van der Waals surface area contributed by atoms with Gasteiger partial charge in [-0.25, -0.2) is 9.79 Å². The topological polar surface area (TPSA) is 88.1 Å². The molecule has 1 aliphatic heterocycles. The number of benzene rings is 3. The second-order valence-corrected chi connectivity index (χ2v) is 9.09. The van der Waals surface area contributed by atoms with E-state index in [0.29, 0.717) is 33.7 Å². The van der Waals surface area contributed by atoms with Crippen molar-refractivity contribution in [2.75, 3.05) is 11.9 Å². The number of rotatable bonds is 7. The Bertz CT molecular complexity index is 1320. The molecule has 0 spiro atoms. The SMILES string of the molecule is CCOC(=O)c1ccc(NC(=O)/C=C2\SC(=Nc3ccc(Cl)cc3)N(Cc3ccccc3)C2=O)cc1. The van der Waals surface area contributed by atoms with Crippen molar-refractivity contribution in [3.63, 3.8) is 0 Å². The summed E-state index contributed by atoms with van der Waals surface area (Å²) in [6, 6.07) is 22.8. The Labute approximate surface area is 217 Å². The van der Waals surface area contributed by atoms with Crippen molar-refractivity contribution >= 4 is 57.7 Å². The lowest BCUT2D eigenvalue weighted by molar-refractivity contribution is -0.123. The third kappa shape index (κ3) is 6.41. The summed E-state index contributed by atoms with van der Waals surface area (Å²) in [6.45, 7) is 2.32. The first-order valence-electron chi connectivity index (χ1n) is 11.1. The normalized spacial score (nSPS) is 15.4. The molecule has 1 N–H and O–H groups in total. The van der Waals surface area contributed by atoms with Crippen molar-refractivity contribution < 1.29 is 19.1 Å². The maximum Gasteiger partial charge on any atom is 0.338 e. The van der Waals surface area contributed by atoms with Crippen LogP contribution in [0.5, 0.6) is 0 Å². The highest BCUT2D eigenvalue weighted by molar-refractivity contribution is 8.18. The molecule has 0 aromatic heterocycles. The maximum atomic E-state index is 13.2. The average Bonchev–Trinajstić information content (AvgIpc) is 3.15. The highest BCUT2D eigenvalue weighted by Gasteiger charge is 2.34. The van der Waals surface area contributed by atoms with Gasteiger partial charge in [0, 0.05) is 16.8 Å². The highest BCUT2D eigenvalue weighted by Crippen LogP contribution is 2.34. The number of carbonyl (C=O) groups is 3. The monoisotopic (exact) mass is 519 g/mol. The van der Waals surface area contributed by atoms with Gasteiger partial charge in [-0.1, -0.05) is 41.9 Å². The van der Waals surface area contributed by atoms with Gasteiger partial charge in [-0.3, -0.25) is 14.5 Å². The van der Waals surface area contributed by atoms with Crippen LogP contribution in [0, 0.1) is 0 Å². The number of anilines is 1. The van der Waals surface area contributed by atoms with E-state index in [1.807, 2.05) is 30.3 Å². The minimum atomic E-state index is -0.470. The van der Waals surface area contributed by atoms with Crippen LogP contribution in [0.2, 0.25) is 5.02 Å². The molecule has 0 unspecified atom stereocenters. The maximum absolute atomic E-state index is 13.2. The Morgan fingerprint density at radius 2 is 1.72 bits per heavy atom. The predicted molar refractivity (Wildman–Crippen MR) is 142 cm³/mol. The van der Waals surface area contributed by atoms with E-state index in [9.17, 15) is 14.4 Å². The summed E-state index contributed by atoms with van der Waals surface area (Å²) >= 11 is 7.11. The molecule has 3 aromatic rings. The van der Waals surface area contributed by atoms with Crippen molar-refractivity contribution in [2.24, 2.45) is 4.99 Å². The van der Waals surface area contributed by atoms with Crippen molar-refractivity contribution in [1.29, 1.82) is 0 Å². The number of thioether (sulfide) groups is 1. The van der Waals surface area contributed by atoms with Gasteiger partial charge in [0.15, 0.2) is 5.17 Å². The molecule has 1 fully saturated rings. The van der Waals surface area contributed by atoms with E-state index >= 15 is 0 Å². The Balaban J connectivity index is 1.54. The van der Waals surface area contributed by atoms with Crippen LogP contribution in [0.1, 0.15) is 22.8 Å². The standard InChI is InChI=1S/C27H22ClN3O4S/c1-2-35-26(34)19-8-12-21(13-9-19)29-24(32)16-23-25(33)31(17-18-6-4-3-5-7-18)27(36-23)30-22-14-10-20(28)11-15-22/h3-16H,2,17H2,1H3,(H,29,32)/b23-16-,30-27?. The Hall–Kier alpha value is -3.88. The summed E-state index contributed by atoms with van der Waals surface area (Å²) in [6.07, 6.45) is 1.26. The van der Waals surface area contributed by atoms with Gasteiger partial charge in [-0.2, -0.15) is 0 Å². The summed E-state index contributed by atoms with van der Waals surface area (Å²) in [7, 11) is 0. The number of amides is 2. The molecule has 1 saturated heterocycles. The van der Waals surface area contributed by atoms with Crippen LogP contribution in [0.25, 0.3) is 0 Å². The summed E-state index contributed by atoms with van der Waals surface area (Å²) < 4.78 is 4.96. The zero-order valence-corrected chi connectivity index (χ0v) is 20.9. The first-order valence-corrected chi connectivity index (χ1v) is 12.3. The molecule has 3 aromatic carbocycles. The quantitative estimate of drug-likeness (QED) is 0.315. The summed E-state index contributed by atoms with van der Waals surface area (Å²) in [5, 5.41) is 3.76. The predicted octanol–water partition coefficient (Wildman–Crippen LogP) is 5.80. The molecule has 182 valence electrons. The molecule has 1 heterocycles. The highest BCUT2D eigenvalue weighted by atomic mass is 35.5. The fraction of sp³-hybridized carbons (Fsp3) is 0.111. The fourth-order valence-corrected chi connectivity index (χ4v) is 4.42. The van der Waals surface area contributed by atoms with Crippen LogP contribution in [0.4, 0.5) is 11.4 Å². The second kappa shape index (κ2) is 11.7. The van der Waals surface area contributed by atoms with Crippen LogP contribution < -0.4 is 5.32 Å². The molecule has 7 nitrogen and oxygen atoms in total. The minimum absolute atomic E-state index is 0.249. The zero-order chi connectivity index (χ0) is 25.5. The van der Waals surface area contributed by atoms with Crippen molar-refractivity contribution in [1.82, 2.24) is 4.90 Å². The summed E-state index contributed by atoms with van der Waals surface area (Å²) in [5.74, 6) is -1.22. The van der Waals surface area contributed by atoms with Gasteiger partial charge in [0.05, 0.1) is 29.3 Å². The third-order valence-electron chi connectivity index (χ3n) is 5.05. The molecule has 0 aliphatic carbocycles. The van der Waals surface area contributed by atoms with Crippen LogP contribution in [-0.4, -0.2) is 34.5 Å². The number of esters is 1. The molecule has 0 bridgehead atoms. The van der Waals surface area contributed by atoms with Gasteiger partial charge >= 0.3 is 5.97 Å². The number of halogens is 1. The Morgan fingerprint density at radius 1 is 1.03 bits per heavy atom. The molecule has 36 heavy (non-hydrogen) atoms. The second-order valence-electron chi connectivity index (χ2n) is 7.65. The van der Waals surface area contributed by atoms with Gasteiger partial charge in [-0.15, -0.1) is 0 Å². The van der Waals surface area contributed by atoms with E-state index in [-0.39, 0.29) is 17.4 Å². The molecule has 0 radical (unpaired) electrons. The number of hydrogen-bond acceptors (Lipinski definition) is 6. The van der Waals surface area contributed by atoms with Crippen LogP contribution in [-0.2, 0) is 20.9 Å². The number of nitrogens with one attached hydrogen (secondary N) is 1. The molecule has 4 rings (SSSR count). The van der Waals surface area contributed by atoms with Crippen LogP contribution in [0.3, 0.4) is 0 Å². The molecular weight excluding hydrogens is 498 g/mol. The molecule has 9 heteroatoms.